The van der Waals surface area contributed by atoms with E-state index in [-0.39, 0.29) is 5.41 Å². The number of nitrogens with zero attached hydrogens (tertiary/aromatic N) is 4. The minimum atomic E-state index is 0.0461. The van der Waals surface area contributed by atoms with Gasteiger partial charge in [-0.15, -0.1) is 0 Å². The summed E-state index contributed by atoms with van der Waals surface area (Å²) in [5.41, 5.74) is 3.38. The molecule has 5 nitrogen and oxygen atoms in total. The molecule has 19 heavy (non-hydrogen) atoms. The molecular weight excluding hydrogens is 306 g/mol. The van der Waals surface area contributed by atoms with Crippen LogP contribution >= 0.6 is 15.9 Å². The van der Waals surface area contributed by atoms with Gasteiger partial charge in [-0.05, 0) is 15.9 Å². The van der Waals surface area contributed by atoms with E-state index < -0.39 is 0 Å². The summed E-state index contributed by atoms with van der Waals surface area (Å²) in [5, 5.41) is 12.2. The van der Waals surface area contributed by atoms with E-state index in [9.17, 15) is 0 Å². The topological polar surface area (TPSA) is 47.7 Å². The molecule has 0 saturated heterocycles. The first-order valence-corrected chi connectivity index (χ1v) is 7.02. The van der Waals surface area contributed by atoms with Gasteiger partial charge in [0.1, 0.15) is 0 Å². The third-order valence-corrected chi connectivity index (χ3v) is 3.45. The molecule has 0 unspecified atom stereocenters. The molecule has 0 amide bonds. The molecule has 6 heteroatoms. The third-order valence-electron chi connectivity index (χ3n) is 2.87. The Morgan fingerprint density at radius 3 is 2.32 bits per heavy atom. The Morgan fingerprint density at radius 2 is 1.79 bits per heavy atom. The summed E-state index contributed by atoms with van der Waals surface area (Å²) in [6, 6.07) is 0. The minimum absolute atomic E-state index is 0.0461. The van der Waals surface area contributed by atoms with Crippen molar-refractivity contribution in [3.8, 4) is 0 Å². The SMILES string of the molecule is Cn1cc(NCc2cn(C)nc2C(C)(C)C)c(Br)n1. The average Bonchev–Trinajstić information content (AvgIpc) is 2.78. The van der Waals surface area contributed by atoms with Crippen molar-refractivity contribution in [3.05, 3.63) is 28.3 Å². The first kappa shape index (κ1) is 14.1. The van der Waals surface area contributed by atoms with Crippen molar-refractivity contribution in [2.75, 3.05) is 5.32 Å². The molecule has 104 valence electrons. The van der Waals surface area contributed by atoms with E-state index in [2.05, 4.69) is 58.4 Å². The number of hydrogen-bond acceptors (Lipinski definition) is 3. The molecular formula is C13H20BrN5. The van der Waals surface area contributed by atoms with Gasteiger partial charge in [-0.25, -0.2) is 0 Å². The van der Waals surface area contributed by atoms with Crippen LogP contribution in [0.3, 0.4) is 0 Å². The van der Waals surface area contributed by atoms with E-state index in [4.69, 9.17) is 0 Å². The predicted octanol–water partition coefficient (Wildman–Crippen LogP) is 2.83. The highest BCUT2D eigenvalue weighted by molar-refractivity contribution is 9.10. The quantitative estimate of drug-likeness (QED) is 0.943. The van der Waals surface area contributed by atoms with Crippen molar-refractivity contribution in [1.82, 2.24) is 19.6 Å². The van der Waals surface area contributed by atoms with Crippen molar-refractivity contribution in [3.63, 3.8) is 0 Å². The number of anilines is 1. The number of aryl methyl sites for hydroxylation is 2. The predicted molar refractivity (Wildman–Crippen MR) is 80.1 cm³/mol. The van der Waals surface area contributed by atoms with E-state index in [0.717, 1.165) is 22.5 Å². The molecule has 2 rings (SSSR count). The van der Waals surface area contributed by atoms with E-state index >= 15 is 0 Å². The molecule has 2 aromatic rings. The highest BCUT2D eigenvalue weighted by atomic mass is 79.9. The molecule has 0 saturated carbocycles. The summed E-state index contributed by atoms with van der Waals surface area (Å²) >= 11 is 3.44. The zero-order valence-corrected chi connectivity index (χ0v) is 13.6. The lowest BCUT2D eigenvalue weighted by molar-refractivity contribution is 0.549. The minimum Gasteiger partial charge on any atom is -0.377 e. The maximum absolute atomic E-state index is 4.57. The van der Waals surface area contributed by atoms with Crippen molar-refractivity contribution in [1.29, 1.82) is 0 Å². The van der Waals surface area contributed by atoms with Gasteiger partial charge >= 0.3 is 0 Å². The van der Waals surface area contributed by atoms with Gasteiger partial charge in [0, 0.05) is 44.0 Å². The van der Waals surface area contributed by atoms with Crippen LogP contribution < -0.4 is 5.32 Å². The first-order chi connectivity index (χ1) is 8.77. The lowest BCUT2D eigenvalue weighted by Crippen LogP contribution is -2.16. The summed E-state index contributed by atoms with van der Waals surface area (Å²) < 4.78 is 4.48. The van der Waals surface area contributed by atoms with Crippen molar-refractivity contribution in [2.45, 2.75) is 32.7 Å². The number of halogens is 1. The molecule has 0 fully saturated rings. The summed E-state index contributed by atoms with van der Waals surface area (Å²) in [5.74, 6) is 0. The van der Waals surface area contributed by atoms with Crippen LogP contribution in [0.5, 0.6) is 0 Å². The second-order valence-corrected chi connectivity index (χ2v) is 6.54. The van der Waals surface area contributed by atoms with Crippen LogP contribution in [0.2, 0.25) is 0 Å². The van der Waals surface area contributed by atoms with Gasteiger partial charge < -0.3 is 5.32 Å². The Bertz CT molecular complexity index is 576. The van der Waals surface area contributed by atoms with E-state index in [0.29, 0.717) is 0 Å². The number of rotatable bonds is 3. The van der Waals surface area contributed by atoms with Gasteiger partial charge in [0.25, 0.3) is 0 Å². The average molecular weight is 326 g/mol. The van der Waals surface area contributed by atoms with Gasteiger partial charge in [-0.3, -0.25) is 9.36 Å². The Kier molecular flexibility index (Phi) is 3.71. The van der Waals surface area contributed by atoms with Crippen LogP contribution in [0, 0.1) is 0 Å². The molecule has 0 aliphatic heterocycles. The normalized spacial score (nSPS) is 11.9. The second-order valence-electron chi connectivity index (χ2n) is 5.79. The zero-order valence-electron chi connectivity index (χ0n) is 12.0. The van der Waals surface area contributed by atoms with Gasteiger partial charge in [-0.1, -0.05) is 20.8 Å². The molecule has 2 aromatic heterocycles. The van der Waals surface area contributed by atoms with Crippen LogP contribution in [-0.4, -0.2) is 19.6 Å². The van der Waals surface area contributed by atoms with Crippen LogP contribution in [0.4, 0.5) is 5.69 Å². The van der Waals surface area contributed by atoms with Gasteiger partial charge in [-0.2, -0.15) is 10.2 Å². The summed E-state index contributed by atoms with van der Waals surface area (Å²) in [6.45, 7) is 7.28. The van der Waals surface area contributed by atoms with Crippen LogP contribution in [0.1, 0.15) is 32.0 Å². The summed E-state index contributed by atoms with van der Waals surface area (Å²) in [6.07, 6.45) is 4.02. The number of aromatic nitrogens is 4. The Labute approximate surface area is 122 Å². The Morgan fingerprint density at radius 1 is 1.16 bits per heavy atom. The maximum Gasteiger partial charge on any atom is 0.151 e. The molecule has 0 spiro atoms. The molecule has 0 atom stereocenters. The number of hydrogen-bond donors (Lipinski definition) is 1. The van der Waals surface area contributed by atoms with E-state index in [1.165, 1.54) is 5.56 Å². The van der Waals surface area contributed by atoms with Gasteiger partial charge in [0.2, 0.25) is 0 Å². The van der Waals surface area contributed by atoms with Crippen LogP contribution in [-0.2, 0) is 26.1 Å². The van der Waals surface area contributed by atoms with Gasteiger partial charge in [0.05, 0.1) is 11.4 Å². The summed E-state index contributed by atoms with van der Waals surface area (Å²) in [4.78, 5) is 0. The van der Waals surface area contributed by atoms with Gasteiger partial charge in [0.15, 0.2) is 4.60 Å². The largest absolute Gasteiger partial charge is 0.377 e. The highest BCUT2D eigenvalue weighted by Gasteiger charge is 2.21. The fourth-order valence-corrected chi connectivity index (χ4v) is 2.56. The fraction of sp³-hybridized carbons (Fsp3) is 0.538. The Balaban J connectivity index is 2.18. The molecule has 0 bridgehead atoms. The fourth-order valence-electron chi connectivity index (χ4n) is 2.07. The monoisotopic (exact) mass is 325 g/mol. The van der Waals surface area contributed by atoms with Crippen molar-refractivity contribution in [2.24, 2.45) is 14.1 Å². The smallest absolute Gasteiger partial charge is 0.151 e. The lowest BCUT2D eigenvalue weighted by atomic mass is 9.89. The lowest BCUT2D eigenvalue weighted by Gasteiger charge is -2.17. The third kappa shape index (κ3) is 3.18. The van der Waals surface area contributed by atoms with Crippen LogP contribution in [0.25, 0.3) is 0 Å². The zero-order chi connectivity index (χ0) is 14.2. The molecule has 0 aliphatic rings. The molecule has 0 aromatic carbocycles. The standard InChI is InChI=1S/C13H20BrN5/c1-13(2,3)11-9(7-18(4)16-11)6-15-10-8-19(5)17-12(10)14/h7-8,15H,6H2,1-5H3. The van der Waals surface area contributed by atoms with Crippen molar-refractivity contribution < 1.29 is 0 Å². The highest BCUT2D eigenvalue weighted by Crippen LogP contribution is 2.26. The van der Waals surface area contributed by atoms with E-state index in [1.54, 1.807) is 4.68 Å². The van der Waals surface area contributed by atoms with E-state index in [1.807, 2.05) is 25.0 Å². The number of nitrogens with one attached hydrogen (secondary N) is 1. The maximum atomic E-state index is 4.57. The molecule has 1 N–H and O–H groups in total. The van der Waals surface area contributed by atoms with Crippen LogP contribution in [0.15, 0.2) is 17.0 Å². The van der Waals surface area contributed by atoms with Crippen molar-refractivity contribution >= 4 is 21.6 Å². The summed E-state index contributed by atoms with van der Waals surface area (Å²) in [7, 11) is 3.86. The second kappa shape index (κ2) is 5.00. The molecule has 2 heterocycles. The molecule has 0 aliphatic carbocycles. The molecule has 0 radical (unpaired) electrons. The first-order valence-electron chi connectivity index (χ1n) is 6.23. The Hall–Kier alpha value is -1.30.